The fourth-order valence-corrected chi connectivity index (χ4v) is 2.85. The van der Waals surface area contributed by atoms with E-state index in [-0.39, 0.29) is 11.1 Å². The van der Waals surface area contributed by atoms with Gasteiger partial charge in [0.15, 0.2) is 17.5 Å². The second-order valence-corrected chi connectivity index (χ2v) is 6.87. The number of halogens is 3. The van der Waals surface area contributed by atoms with Gasteiger partial charge in [-0.25, -0.2) is 13.2 Å². The number of rotatable bonds is 6. The van der Waals surface area contributed by atoms with Crippen LogP contribution in [0.4, 0.5) is 18.9 Å². The molecule has 3 aromatic rings. The van der Waals surface area contributed by atoms with Gasteiger partial charge >= 0.3 is 0 Å². The fraction of sp³-hybridized carbons (Fsp3) is 0.167. The molecular formula is C18H14F3N3O3S. The van der Waals surface area contributed by atoms with Crippen LogP contribution in [0.1, 0.15) is 6.92 Å². The number of nitrogens with zero attached hydrogens (tertiary/aromatic N) is 2. The van der Waals surface area contributed by atoms with Gasteiger partial charge in [0.25, 0.3) is 5.22 Å². The smallest absolute Gasteiger partial charge is 0.277 e. The summed E-state index contributed by atoms with van der Waals surface area (Å²) < 4.78 is 50.5. The number of thioether (sulfide) groups is 1. The molecule has 0 aliphatic heterocycles. The van der Waals surface area contributed by atoms with E-state index in [2.05, 4.69) is 15.5 Å². The Morgan fingerprint density at radius 3 is 2.50 bits per heavy atom. The Labute approximate surface area is 162 Å². The molecule has 0 aliphatic carbocycles. The van der Waals surface area contributed by atoms with Crippen LogP contribution in [0.5, 0.6) is 5.75 Å². The fourth-order valence-electron chi connectivity index (χ4n) is 2.17. The third-order valence-corrected chi connectivity index (χ3v) is 4.62. The molecule has 146 valence electrons. The van der Waals surface area contributed by atoms with Gasteiger partial charge in [-0.15, -0.1) is 10.2 Å². The second-order valence-electron chi connectivity index (χ2n) is 5.57. The molecule has 0 bridgehead atoms. The molecule has 0 unspecified atom stereocenters. The summed E-state index contributed by atoms with van der Waals surface area (Å²) in [5.41, 5.74) is 0.210. The molecule has 3 rings (SSSR count). The van der Waals surface area contributed by atoms with Crippen LogP contribution in [-0.4, -0.2) is 28.5 Å². The number of anilines is 1. The number of nitrogens with one attached hydrogen (secondary N) is 1. The number of benzene rings is 2. The summed E-state index contributed by atoms with van der Waals surface area (Å²) in [7, 11) is 1.55. The second kappa shape index (κ2) is 8.34. The standard InChI is InChI=1S/C18H14F3N3O3S/c1-9(16(25)22-13-8-7-12(19)14(20)15(13)21)28-18-24-23-17(27-18)10-3-5-11(26-2)6-4-10/h3-9H,1-2H3,(H,22,25)/t9-/m1/s1. The van der Waals surface area contributed by atoms with Crippen LogP contribution in [0.3, 0.4) is 0 Å². The number of methoxy groups -OCH3 is 1. The van der Waals surface area contributed by atoms with E-state index in [1.165, 1.54) is 6.92 Å². The Kier molecular flexibility index (Phi) is 5.88. The molecule has 1 amide bonds. The van der Waals surface area contributed by atoms with Crippen molar-refractivity contribution in [1.82, 2.24) is 10.2 Å². The predicted molar refractivity (Wildman–Crippen MR) is 96.6 cm³/mol. The highest BCUT2D eigenvalue weighted by Gasteiger charge is 2.21. The highest BCUT2D eigenvalue weighted by atomic mass is 32.2. The van der Waals surface area contributed by atoms with Crippen molar-refractivity contribution in [2.24, 2.45) is 0 Å². The molecule has 1 atom stereocenters. The van der Waals surface area contributed by atoms with Gasteiger partial charge in [0.2, 0.25) is 11.8 Å². The molecule has 1 heterocycles. The van der Waals surface area contributed by atoms with E-state index in [4.69, 9.17) is 9.15 Å². The summed E-state index contributed by atoms with van der Waals surface area (Å²) in [5, 5.41) is 9.33. The van der Waals surface area contributed by atoms with Gasteiger partial charge in [0, 0.05) is 5.56 Å². The van der Waals surface area contributed by atoms with E-state index in [1.807, 2.05) is 0 Å². The Morgan fingerprint density at radius 1 is 1.11 bits per heavy atom. The Balaban J connectivity index is 1.66. The zero-order chi connectivity index (χ0) is 20.3. The maximum absolute atomic E-state index is 13.7. The highest BCUT2D eigenvalue weighted by Crippen LogP contribution is 2.28. The van der Waals surface area contributed by atoms with E-state index in [0.717, 1.165) is 23.9 Å². The zero-order valence-electron chi connectivity index (χ0n) is 14.7. The molecule has 0 saturated carbocycles. The summed E-state index contributed by atoms with van der Waals surface area (Å²) in [4.78, 5) is 12.2. The molecule has 2 aromatic carbocycles. The van der Waals surface area contributed by atoms with Crippen LogP contribution in [0.25, 0.3) is 11.5 Å². The molecule has 0 radical (unpaired) electrons. The van der Waals surface area contributed by atoms with Gasteiger partial charge in [-0.3, -0.25) is 4.79 Å². The van der Waals surface area contributed by atoms with Crippen molar-refractivity contribution in [3.8, 4) is 17.2 Å². The van der Waals surface area contributed by atoms with Gasteiger partial charge < -0.3 is 14.5 Å². The third kappa shape index (κ3) is 4.28. The minimum atomic E-state index is -1.65. The summed E-state index contributed by atoms with van der Waals surface area (Å²) in [5.74, 6) is -4.17. The van der Waals surface area contributed by atoms with Gasteiger partial charge in [0.05, 0.1) is 18.0 Å². The van der Waals surface area contributed by atoms with Crippen LogP contribution in [0.2, 0.25) is 0 Å². The number of carbonyl (C=O) groups is 1. The van der Waals surface area contributed by atoms with Crippen molar-refractivity contribution >= 4 is 23.4 Å². The lowest BCUT2D eigenvalue weighted by molar-refractivity contribution is -0.115. The Hall–Kier alpha value is -3.01. The van der Waals surface area contributed by atoms with Crippen LogP contribution >= 0.6 is 11.8 Å². The van der Waals surface area contributed by atoms with Gasteiger partial charge in [-0.2, -0.15) is 0 Å². The minimum absolute atomic E-state index is 0.124. The van der Waals surface area contributed by atoms with Crippen molar-refractivity contribution in [3.05, 3.63) is 53.8 Å². The lowest BCUT2D eigenvalue weighted by atomic mass is 10.2. The number of aromatic nitrogens is 2. The number of carbonyl (C=O) groups excluding carboxylic acids is 1. The van der Waals surface area contributed by atoms with Gasteiger partial charge in [-0.05, 0) is 43.3 Å². The van der Waals surface area contributed by atoms with Crippen molar-refractivity contribution < 1.29 is 27.1 Å². The largest absolute Gasteiger partial charge is 0.497 e. The van der Waals surface area contributed by atoms with E-state index in [0.29, 0.717) is 11.3 Å². The Bertz CT molecular complexity index is 995. The first-order chi connectivity index (χ1) is 13.4. The molecule has 1 N–H and O–H groups in total. The van der Waals surface area contributed by atoms with E-state index in [9.17, 15) is 18.0 Å². The highest BCUT2D eigenvalue weighted by molar-refractivity contribution is 8.00. The zero-order valence-corrected chi connectivity index (χ0v) is 15.5. The first-order valence-electron chi connectivity index (χ1n) is 7.98. The molecule has 0 fully saturated rings. The topological polar surface area (TPSA) is 77.2 Å². The van der Waals surface area contributed by atoms with Crippen molar-refractivity contribution in [3.63, 3.8) is 0 Å². The van der Waals surface area contributed by atoms with Gasteiger partial charge in [0.1, 0.15) is 5.75 Å². The summed E-state index contributed by atoms with van der Waals surface area (Å²) in [6.07, 6.45) is 0. The maximum Gasteiger partial charge on any atom is 0.277 e. The molecule has 6 nitrogen and oxygen atoms in total. The molecule has 0 spiro atoms. The average molecular weight is 409 g/mol. The summed E-state index contributed by atoms with van der Waals surface area (Å²) >= 11 is 0.940. The SMILES string of the molecule is COc1ccc(-c2nnc(S[C@H](C)C(=O)Nc3ccc(F)c(F)c3F)o2)cc1. The number of hydrogen-bond donors (Lipinski definition) is 1. The maximum atomic E-state index is 13.7. The molecule has 0 saturated heterocycles. The Morgan fingerprint density at radius 2 is 1.82 bits per heavy atom. The third-order valence-electron chi connectivity index (χ3n) is 3.68. The van der Waals surface area contributed by atoms with Crippen LogP contribution in [-0.2, 0) is 4.79 Å². The number of amides is 1. The summed E-state index contributed by atoms with van der Waals surface area (Å²) in [6.45, 7) is 1.52. The van der Waals surface area contributed by atoms with E-state index >= 15 is 0 Å². The first kappa shape index (κ1) is 19.7. The summed E-state index contributed by atoms with van der Waals surface area (Å²) in [6, 6.07) is 8.62. The minimum Gasteiger partial charge on any atom is -0.497 e. The lowest BCUT2D eigenvalue weighted by Crippen LogP contribution is -2.23. The lowest BCUT2D eigenvalue weighted by Gasteiger charge is -2.11. The van der Waals surface area contributed by atoms with Crippen molar-refractivity contribution in [2.45, 2.75) is 17.4 Å². The number of hydrogen-bond acceptors (Lipinski definition) is 6. The van der Waals surface area contributed by atoms with E-state index in [1.54, 1.807) is 31.4 Å². The normalized spacial score (nSPS) is 11.9. The monoisotopic (exact) mass is 409 g/mol. The van der Waals surface area contributed by atoms with Crippen LogP contribution in [0, 0.1) is 17.5 Å². The number of ether oxygens (including phenoxy) is 1. The van der Waals surface area contributed by atoms with Gasteiger partial charge in [-0.1, -0.05) is 11.8 Å². The van der Waals surface area contributed by atoms with Crippen molar-refractivity contribution in [1.29, 1.82) is 0 Å². The first-order valence-corrected chi connectivity index (χ1v) is 8.86. The molecule has 28 heavy (non-hydrogen) atoms. The van der Waals surface area contributed by atoms with Crippen molar-refractivity contribution in [2.75, 3.05) is 12.4 Å². The van der Waals surface area contributed by atoms with E-state index < -0.39 is 34.3 Å². The quantitative estimate of drug-likeness (QED) is 0.484. The van der Waals surface area contributed by atoms with Crippen LogP contribution < -0.4 is 10.1 Å². The molecule has 1 aromatic heterocycles. The average Bonchev–Trinajstić information content (AvgIpc) is 3.16. The van der Waals surface area contributed by atoms with Crippen LogP contribution in [0.15, 0.2) is 46.0 Å². The molecule has 10 heteroatoms. The predicted octanol–water partition coefficient (Wildman–Crippen LogP) is 4.28. The molecule has 0 aliphatic rings. The molecular weight excluding hydrogens is 395 g/mol.